The van der Waals surface area contributed by atoms with E-state index in [1.807, 2.05) is 0 Å². The zero-order valence-electron chi connectivity index (χ0n) is 20.0. The second-order valence-corrected chi connectivity index (χ2v) is 10.2. The molecule has 16 nitrogen and oxygen atoms in total. The minimum absolute atomic E-state index is 0.0508. The average Bonchev–Trinajstić information content (AvgIpc) is 3.26. The van der Waals surface area contributed by atoms with Gasteiger partial charge >= 0.3 is 17.9 Å². The van der Waals surface area contributed by atoms with Gasteiger partial charge in [-0.2, -0.15) is 0 Å². The molecule has 1 fully saturated rings. The fourth-order valence-electron chi connectivity index (χ4n) is 3.28. The van der Waals surface area contributed by atoms with Crippen molar-refractivity contribution in [2.75, 3.05) is 11.5 Å². The van der Waals surface area contributed by atoms with Crippen LogP contribution in [-0.2, 0) is 38.3 Å². The van der Waals surface area contributed by atoms with E-state index in [4.69, 9.17) is 15.3 Å². The Morgan fingerprint density at radius 1 is 1.34 bits per heavy atom. The number of nitrogens with zero attached hydrogens (tertiary/aromatic N) is 3. The lowest BCUT2D eigenvalue weighted by atomic mass is 10.0. The third-order valence-electron chi connectivity index (χ3n) is 5.17. The molecule has 0 radical (unpaired) electrons. The van der Waals surface area contributed by atoms with Gasteiger partial charge in [-0.05, 0) is 13.8 Å². The number of carbonyl (C=O) groups excluding carboxylic acids is 4. The van der Waals surface area contributed by atoms with Crippen LogP contribution in [0.3, 0.4) is 0 Å². The van der Waals surface area contributed by atoms with Crippen molar-refractivity contribution in [3.8, 4) is 0 Å². The maximum Gasteiger partial charge on any atom is 0.352 e. The van der Waals surface area contributed by atoms with Gasteiger partial charge in [0.05, 0.1) is 0 Å². The minimum Gasteiger partial charge on any atom is -0.478 e. The molecule has 18 heteroatoms. The predicted molar refractivity (Wildman–Crippen MR) is 130 cm³/mol. The van der Waals surface area contributed by atoms with Crippen molar-refractivity contribution in [1.82, 2.24) is 20.5 Å². The van der Waals surface area contributed by atoms with Crippen LogP contribution in [0.2, 0.25) is 0 Å². The largest absolute Gasteiger partial charge is 0.478 e. The summed E-state index contributed by atoms with van der Waals surface area (Å²) in [5, 5.41) is 28.1. The molecule has 1 aromatic heterocycles. The molecular formula is C20H22N6O10S2. The Morgan fingerprint density at radius 2 is 2.03 bits per heavy atom. The molecule has 38 heavy (non-hydrogen) atoms. The second kappa shape index (κ2) is 11.1. The Labute approximate surface area is 222 Å². The zero-order chi connectivity index (χ0) is 28.4. The molecule has 0 aliphatic carbocycles. The minimum atomic E-state index is -1.85. The number of nitrogens with two attached hydrogens (primary N) is 1. The van der Waals surface area contributed by atoms with Gasteiger partial charge in [-0.1, -0.05) is 5.16 Å². The molecule has 0 spiro atoms. The summed E-state index contributed by atoms with van der Waals surface area (Å²) < 4.78 is 5.19. The van der Waals surface area contributed by atoms with Crippen LogP contribution >= 0.6 is 23.1 Å². The smallest absolute Gasteiger partial charge is 0.352 e. The highest BCUT2D eigenvalue weighted by atomic mass is 32.2. The first-order valence-electron chi connectivity index (χ1n) is 10.6. The van der Waals surface area contributed by atoms with Crippen molar-refractivity contribution in [1.29, 1.82) is 0 Å². The average molecular weight is 571 g/mol. The SMILES string of the molecule is CC(=O)OC(NC(=O)C(=NOC(C)(C)C(=O)O)c1csc(N)n1)C1=C(C(=O)O)N2C(=O)[C@H](NC=O)[C@H]2SC1. The maximum absolute atomic E-state index is 13.3. The molecule has 2 aliphatic heterocycles. The highest BCUT2D eigenvalue weighted by molar-refractivity contribution is 8.00. The summed E-state index contributed by atoms with van der Waals surface area (Å²) >= 11 is 2.02. The molecule has 3 atom stereocenters. The van der Waals surface area contributed by atoms with Crippen molar-refractivity contribution < 1.29 is 48.6 Å². The standard InChI is InChI=1S/C20H22N6O10S2/c1-7(28)35-14(8-4-37-16-11(22-6-27)15(30)26(16)12(8)17(31)32)24-13(29)10(9-5-38-19(21)23-9)25-36-20(2,3)18(33)34/h5-6,11,14,16H,4H2,1-3H3,(H2,21,23)(H,22,27)(H,24,29)(H,31,32)(H,33,34)/t11-,14?,16+/m0/s1. The van der Waals surface area contributed by atoms with Gasteiger partial charge in [0.2, 0.25) is 18.2 Å². The lowest BCUT2D eigenvalue weighted by Crippen LogP contribution is -2.70. The van der Waals surface area contributed by atoms with E-state index in [0.29, 0.717) is 6.41 Å². The van der Waals surface area contributed by atoms with Crippen molar-refractivity contribution in [2.45, 2.75) is 44.0 Å². The van der Waals surface area contributed by atoms with Crippen molar-refractivity contribution in [2.24, 2.45) is 5.16 Å². The maximum atomic E-state index is 13.3. The highest BCUT2D eigenvalue weighted by Crippen LogP contribution is 2.41. The summed E-state index contributed by atoms with van der Waals surface area (Å²) in [5.41, 5.74) is 2.48. The Balaban J connectivity index is 2.00. The van der Waals surface area contributed by atoms with E-state index in [1.165, 1.54) is 19.2 Å². The van der Waals surface area contributed by atoms with E-state index in [2.05, 4.69) is 20.8 Å². The number of β-lactam (4-membered cyclic amide) rings is 1. The Bertz CT molecular complexity index is 1260. The number of esters is 1. The summed E-state index contributed by atoms with van der Waals surface area (Å²) in [4.78, 5) is 81.9. The number of carboxylic acid groups (broad SMARTS) is 2. The molecule has 3 amide bonds. The number of aromatic nitrogens is 1. The van der Waals surface area contributed by atoms with Gasteiger partial charge in [-0.25, -0.2) is 14.6 Å². The van der Waals surface area contributed by atoms with E-state index >= 15 is 0 Å². The molecule has 1 saturated heterocycles. The molecule has 1 aromatic rings. The number of rotatable bonds is 11. The number of thiazole rings is 1. The van der Waals surface area contributed by atoms with Crippen molar-refractivity contribution >= 4 is 70.1 Å². The van der Waals surface area contributed by atoms with Crippen molar-refractivity contribution in [3.63, 3.8) is 0 Å². The van der Waals surface area contributed by atoms with Gasteiger partial charge in [-0.3, -0.25) is 24.1 Å². The lowest BCUT2D eigenvalue weighted by Gasteiger charge is -2.49. The third-order valence-corrected chi connectivity index (χ3v) is 7.15. The predicted octanol–water partition coefficient (Wildman–Crippen LogP) is -1.32. The fourth-order valence-corrected chi connectivity index (χ4v) is 5.21. The van der Waals surface area contributed by atoms with Gasteiger partial charge in [0, 0.05) is 23.6 Å². The number of fused-ring (bicyclic) bond motifs is 1. The Hall–Kier alpha value is -4.19. The normalized spacial score (nSPS) is 20.0. The quantitative estimate of drug-likeness (QED) is 0.0519. The molecule has 204 valence electrons. The van der Waals surface area contributed by atoms with Crippen LogP contribution in [0.5, 0.6) is 0 Å². The lowest BCUT2D eigenvalue weighted by molar-refractivity contribution is -0.161. The summed E-state index contributed by atoms with van der Waals surface area (Å²) in [7, 11) is 0. The number of amides is 3. The number of nitrogens with one attached hydrogen (secondary N) is 2. The molecule has 3 heterocycles. The van der Waals surface area contributed by atoms with Crippen LogP contribution in [0.15, 0.2) is 21.8 Å². The van der Waals surface area contributed by atoms with Gasteiger partial charge in [-0.15, -0.1) is 23.1 Å². The monoisotopic (exact) mass is 570 g/mol. The first-order chi connectivity index (χ1) is 17.8. The molecule has 1 unspecified atom stereocenters. The van der Waals surface area contributed by atoms with E-state index in [9.17, 15) is 39.0 Å². The topological polar surface area (TPSA) is 240 Å². The summed E-state index contributed by atoms with van der Waals surface area (Å²) in [6.07, 6.45) is -1.36. The summed E-state index contributed by atoms with van der Waals surface area (Å²) in [5.74, 6) is -5.71. The molecular weight excluding hydrogens is 548 g/mol. The van der Waals surface area contributed by atoms with Crippen LogP contribution in [0.1, 0.15) is 26.5 Å². The molecule has 6 N–H and O–H groups in total. The van der Waals surface area contributed by atoms with E-state index in [-0.39, 0.29) is 22.2 Å². The number of oxime groups is 1. The van der Waals surface area contributed by atoms with E-state index in [0.717, 1.165) is 34.9 Å². The van der Waals surface area contributed by atoms with E-state index in [1.54, 1.807) is 0 Å². The van der Waals surface area contributed by atoms with E-state index < -0.39 is 64.4 Å². The highest BCUT2D eigenvalue weighted by Gasteiger charge is 2.54. The zero-order valence-corrected chi connectivity index (χ0v) is 21.6. The van der Waals surface area contributed by atoms with Crippen LogP contribution in [0.4, 0.5) is 5.13 Å². The number of hydrogen-bond acceptors (Lipinski definition) is 13. The number of carboxylic acids is 2. The number of ether oxygens (including phenoxy) is 1. The number of anilines is 1. The summed E-state index contributed by atoms with van der Waals surface area (Å²) in [6, 6.07) is -0.946. The van der Waals surface area contributed by atoms with Crippen LogP contribution in [0.25, 0.3) is 0 Å². The molecule has 0 aromatic carbocycles. The van der Waals surface area contributed by atoms with Gasteiger partial charge < -0.3 is 36.2 Å². The first kappa shape index (κ1) is 28.4. The first-order valence-corrected chi connectivity index (χ1v) is 12.5. The molecule has 3 rings (SSSR count). The number of nitrogen functional groups attached to an aromatic ring is 1. The summed E-state index contributed by atoms with van der Waals surface area (Å²) in [6.45, 7) is 3.39. The van der Waals surface area contributed by atoms with Gasteiger partial charge in [0.15, 0.2) is 10.8 Å². The third kappa shape index (κ3) is 5.70. The molecule has 0 bridgehead atoms. The fraction of sp³-hybridized carbons (Fsp3) is 0.400. The molecule has 2 aliphatic rings. The number of hydrogen-bond donors (Lipinski definition) is 5. The van der Waals surface area contributed by atoms with Gasteiger partial charge in [0.25, 0.3) is 11.8 Å². The Kier molecular flexibility index (Phi) is 8.25. The number of carbonyl (C=O) groups is 6. The second-order valence-electron chi connectivity index (χ2n) is 8.23. The van der Waals surface area contributed by atoms with Crippen LogP contribution in [-0.4, -0.2) is 90.9 Å². The molecule has 0 saturated carbocycles. The van der Waals surface area contributed by atoms with Crippen LogP contribution < -0.4 is 16.4 Å². The van der Waals surface area contributed by atoms with Crippen molar-refractivity contribution in [3.05, 3.63) is 22.3 Å². The number of aliphatic carboxylic acids is 2. The number of thioether (sulfide) groups is 1. The van der Waals surface area contributed by atoms with Gasteiger partial charge in [0.1, 0.15) is 22.8 Å². The Morgan fingerprint density at radius 3 is 2.55 bits per heavy atom. The van der Waals surface area contributed by atoms with Crippen LogP contribution in [0, 0.1) is 0 Å².